The van der Waals surface area contributed by atoms with Gasteiger partial charge in [-0.25, -0.2) is 13.8 Å². The molecule has 0 amide bonds. The molecule has 0 spiro atoms. The lowest BCUT2D eigenvalue weighted by Gasteiger charge is -2.27. The number of nitrogens with zero attached hydrogens (tertiary/aromatic N) is 5. The Morgan fingerprint density at radius 1 is 1.34 bits per heavy atom. The third kappa shape index (κ3) is 3.15. The van der Waals surface area contributed by atoms with Crippen LogP contribution in [0.25, 0.3) is 10.6 Å². The lowest BCUT2D eigenvalue weighted by molar-refractivity contribution is -0.389. The van der Waals surface area contributed by atoms with Crippen molar-refractivity contribution in [1.29, 1.82) is 0 Å². The predicted molar refractivity (Wildman–Crippen MR) is 99.5 cm³/mol. The summed E-state index contributed by atoms with van der Waals surface area (Å²) in [4.78, 5) is 21.9. The van der Waals surface area contributed by atoms with Crippen molar-refractivity contribution in [2.24, 2.45) is 0 Å². The van der Waals surface area contributed by atoms with Crippen LogP contribution in [0, 0.1) is 21.7 Å². The number of fused-ring (bicyclic) bond motifs is 2. The van der Waals surface area contributed by atoms with Gasteiger partial charge in [0.2, 0.25) is 0 Å². The summed E-state index contributed by atoms with van der Waals surface area (Å²) < 4.78 is 34.7. The lowest BCUT2D eigenvalue weighted by Crippen LogP contribution is -2.43. The van der Waals surface area contributed by atoms with Crippen LogP contribution in [0.3, 0.4) is 0 Å². The molecule has 150 valence electrons. The highest BCUT2D eigenvalue weighted by atomic mass is 32.1. The van der Waals surface area contributed by atoms with E-state index in [1.807, 2.05) is 6.92 Å². The zero-order valence-corrected chi connectivity index (χ0v) is 16.1. The number of benzene rings is 1. The SMILES string of the molecule is C[C@]1(CN2Cc3nc(-c4ccc(F)cc4F)sc3C2)Cn2cc([N+](=O)[O-])nc2O1. The van der Waals surface area contributed by atoms with E-state index in [1.54, 1.807) is 4.57 Å². The first-order chi connectivity index (χ1) is 13.8. The molecule has 0 fully saturated rings. The Labute approximate surface area is 167 Å². The highest BCUT2D eigenvalue weighted by molar-refractivity contribution is 7.15. The van der Waals surface area contributed by atoms with E-state index in [4.69, 9.17) is 4.74 Å². The third-order valence-electron chi connectivity index (χ3n) is 5.00. The van der Waals surface area contributed by atoms with Gasteiger partial charge in [-0.05, 0) is 24.0 Å². The van der Waals surface area contributed by atoms with Crippen molar-refractivity contribution in [1.82, 2.24) is 19.4 Å². The monoisotopic (exact) mass is 419 g/mol. The van der Waals surface area contributed by atoms with Gasteiger partial charge < -0.3 is 14.9 Å². The summed E-state index contributed by atoms with van der Waals surface area (Å²) in [6, 6.07) is 3.74. The zero-order chi connectivity index (χ0) is 20.3. The second kappa shape index (κ2) is 6.29. The minimum absolute atomic E-state index is 0.227. The molecule has 0 saturated heterocycles. The molecule has 2 aliphatic heterocycles. The van der Waals surface area contributed by atoms with Crippen molar-refractivity contribution in [3.8, 4) is 16.6 Å². The van der Waals surface area contributed by atoms with Gasteiger partial charge in [-0.1, -0.05) is 0 Å². The van der Waals surface area contributed by atoms with E-state index in [2.05, 4.69) is 14.9 Å². The van der Waals surface area contributed by atoms with Gasteiger partial charge in [0.05, 0.1) is 12.2 Å². The first-order valence-corrected chi connectivity index (χ1v) is 9.68. The second-order valence-electron chi connectivity index (χ2n) is 7.48. The molecular formula is C18H15F2N5O3S. The number of rotatable bonds is 4. The van der Waals surface area contributed by atoms with Gasteiger partial charge in [0, 0.05) is 41.1 Å². The van der Waals surface area contributed by atoms with E-state index in [0.717, 1.165) is 16.6 Å². The maximum atomic E-state index is 14.0. The molecule has 2 aromatic heterocycles. The minimum atomic E-state index is -0.621. The van der Waals surface area contributed by atoms with E-state index in [1.165, 1.54) is 29.7 Å². The van der Waals surface area contributed by atoms with Gasteiger partial charge in [-0.2, -0.15) is 0 Å². The Morgan fingerprint density at radius 3 is 2.86 bits per heavy atom. The maximum absolute atomic E-state index is 14.0. The van der Waals surface area contributed by atoms with Gasteiger partial charge in [-0.15, -0.1) is 11.3 Å². The molecule has 1 atom stereocenters. The number of ether oxygens (including phenoxy) is 1. The number of imidazole rings is 1. The molecule has 0 aliphatic carbocycles. The van der Waals surface area contributed by atoms with Gasteiger partial charge in [0.15, 0.2) is 0 Å². The van der Waals surface area contributed by atoms with Crippen LogP contribution in [0.1, 0.15) is 17.5 Å². The van der Waals surface area contributed by atoms with Crippen LogP contribution in [0.5, 0.6) is 6.01 Å². The first kappa shape index (κ1) is 18.1. The van der Waals surface area contributed by atoms with Crippen LogP contribution in [-0.4, -0.2) is 36.5 Å². The van der Waals surface area contributed by atoms with E-state index in [9.17, 15) is 18.9 Å². The predicted octanol–water partition coefficient (Wildman–Crippen LogP) is 3.36. The molecule has 0 saturated carbocycles. The van der Waals surface area contributed by atoms with E-state index in [-0.39, 0.29) is 11.8 Å². The third-order valence-corrected chi connectivity index (χ3v) is 6.11. The second-order valence-corrected chi connectivity index (χ2v) is 8.56. The fourth-order valence-corrected chi connectivity index (χ4v) is 4.97. The van der Waals surface area contributed by atoms with E-state index >= 15 is 0 Å². The summed E-state index contributed by atoms with van der Waals surface area (Å²) in [5.41, 5.74) is 0.622. The summed E-state index contributed by atoms with van der Waals surface area (Å²) in [7, 11) is 0. The highest BCUT2D eigenvalue weighted by Gasteiger charge is 2.42. The zero-order valence-electron chi connectivity index (χ0n) is 15.3. The summed E-state index contributed by atoms with van der Waals surface area (Å²) >= 11 is 1.40. The average molecular weight is 419 g/mol. The smallest absolute Gasteiger partial charge is 0.415 e. The van der Waals surface area contributed by atoms with Crippen molar-refractivity contribution in [3.05, 3.63) is 56.7 Å². The van der Waals surface area contributed by atoms with Crippen molar-refractivity contribution < 1.29 is 18.4 Å². The van der Waals surface area contributed by atoms with Crippen molar-refractivity contribution in [2.75, 3.05) is 6.54 Å². The number of halogens is 2. The van der Waals surface area contributed by atoms with Crippen LogP contribution in [0.4, 0.5) is 14.6 Å². The molecule has 29 heavy (non-hydrogen) atoms. The van der Waals surface area contributed by atoms with Crippen LogP contribution in [0.15, 0.2) is 24.4 Å². The number of aromatic nitrogens is 3. The van der Waals surface area contributed by atoms with Crippen molar-refractivity contribution >= 4 is 17.2 Å². The van der Waals surface area contributed by atoms with Gasteiger partial charge in [0.1, 0.15) is 28.4 Å². The van der Waals surface area contributed by atoms with Crippen LogP contribution in [0.2, 0.25) is 0 Å². The molecule has 0 bridgehead atoms. The number of thiazole rings is 1. The number of hydrogen-bond donors (Lipinski definition) is 0. The van der Waals surface area contributed by atoms with Crippen LogP contribution >= 0.6 is 11.3 Å². The largest absolute Gasteiger partial charge is 0.436 e. The molecular weight excluding hydrogens is 404 g/mol. The Hall–Kier alpha value is -2.92. The summed E-state index contributed by atoms with van der Waals surface area (Å²) in [6.45, 7) is 4.24. The van der Waals surface area contributed by atoms with Gasteiger partial charge in [0.25, 0.3) is 0 Å². The fourth-order valence-electron chi connectivity index (χ4n) is 3.83. The Bertz CT molecular complexity index is 1100. The Morgan fingerprint density at radius 2 is 2.17 bits per heavy atom. The topological polar surface area (TPSA) is 86.3 Å². The molecule has 4 heterocycles. The normalized spacial score (nSPS) is 20.5. The lowest BCUT2D eigenvalue weighted by atomic mass is 10.1. The van der Waals surface area contributed by atoms with Crippen LogP contribution < -0.4 is 4.74 Å². The fraction of sp³-hybridized carbons (Fsp3) is 0.333. The van der Waals surface area contributed by atoms with Gasteiger partial charge >= 0.3 is 11.8 Å². The van der Waals surface area contributed by atoms with E-state index in [0.29, 0.717) is 36.8 Å². The Balaban J connectivity index is 1.27. The number of hydrogen-bond acceptors (Lipinski definition) is 7. The molecule has 8 nitrogen and oxygen atoms in total. The summed E-state index contributed by atoms with van der Waals surface area (Å²) in [6.07, 6.45) is 1.38. The molecule has 3 aromatic rings. The summed E-state index contributed by atoms with van der Waals surface area (Å²) in [5, 5.41) is 11.4. The molecule has 1 aromatic carbocycles. The highest BCUT2D eigenvalue weighted by Crippen LogP contribution is 2.37. The van der Waals surface area contributed by atoms with Gasteiger partial charge in [-0.3, -0.25) is 9.47 Å². The molecule has 0 radical (unpaired) electrons. The standard InChI is InChI=1S/C18H15F2N5O3S/c1-18(9-24-7-15(25(26)27)22-17(24)28-18)8-23-5-13-14(6-23)29-16(21-13)11-3-2-10(19)4-12(11)20/h2-4,7H,5-6,8-9H2,1H3/t18-/m0/s1. The molecule has 2 aliphatic rings. The van der Waals surface area contributed by atoms with Crippen molar-refractivity contribution in [2.45, 2.75) is 32.2 Å². The number of nitro groups is 1. The van der Waals surface area contributed by atoms with Crippen molar-refractivity contribution in [3.63, 3.8) is 0 Å². The summed E-state index contributed by atoms with van der Waals surface area (Å²) in [5.74, 6) is -1.46. The quantitative estimate of drug-likeness (QED) is 0.476. The Kier molecular flexibility index (Phi) is 3.93. The van der Waals surface area contributed by atoms with E-state index < -0.39 is 22.2 Å². The molecule has 0 unspecified atom stereocenters. The molecule has 5 rings (SSSR count). The molecule has 11 heteroatoms. The average Bonchev–Trinajstić information content (AvgIpc) is 3.33. The first-order valence-electron chi connectivity index (χ1n) is 8.87. The van der Waals surface area contributed by atoms with Crippen LogP contribution in [-0.2, 0) is 19.6 Å². The maximum Gasteiger partial charge on any atom is 0.415 e. The molecule has 0 N–H and O–H groups in total. The minimum Gasteiger partial charge on any atom is -0.436 e.